The van der Waals surface area contributed by atoms with Gasteiger partial charge in [-0.15, -0.1) is 0 Å². The van der Waals surface area contributed by atoms with E-state index < -0.39 is 0 Å². The van der Waals surface area contributed by atoms with E-state index in [0.717, 1.165) is 26.2 Å². The second-order valence-corrected chi connectivity index (χ2v) is 3.48. The van der Waals surface area contributed by atoms with Crippen LogP contribution in [0.3, 0.4) is 0 Å². The molecule has 0 radical (unpaired) electrons. The first-order valence-corrected chi connectivity index (χ1v) is 4.39. The fraction of sp³-hybridized carbons (Fsp3) is 0.667. The van der Waals surface area contributed by atoms with Gasteiger partial charge >= 0.3 is 6.01 Å². The molecule has 1 fully saturated rings. The van der Waals surface area contributed by atoms with Crippen molar-refractivity contribution < 1.29 is 4.52 Å². The Morgan fingerprint density at radius 3 is 2.67 bits per heavy atom. The highest BCUT2D eigenvalue weighted by molar-refractivity contribution is 7.13. The van der Waals surface area contributed by atoms with Crippen molar-refractivity contribution in [3.8, 4) is 0 Å². The van der Waals surface area contributed by atoms with E-state index in [-0.39, 0.29) is 0 Å². The number of hydrogen-bond acceptors (Lipinski definition) is 5. The minimum absolute atomic E-state index is 0.633. The summed E-state index contributed by atoms with van der Waals surface area (Å²) in [5, 5.41) is 3.57. The van der Waals surface area contributed by atoms with E-state index in [1.807, 2.05) is 0 Å². The minimum Gasteiger partial charge on any atom is -0.322 e. The number of piperazine rings is 1. The summed E-state index contributed by atoms with van der Waals surface area (Å²) in [6.07, 6.45) is 1.43. The van der Waals surface area contributed by atoms with Crippen LogP contribution in [0.4, 0.5) is 6.01 Å². The molecule has 1 atom stereocenters. The zero-order chi connectivity index (χ0) is 8.39. The number of aromatic nitrogens is 2. The zero-order valence-electron chi connectivity index (χ0n) is 6.68. The lowest BCUT2D eigenvalue weighted by Crippen LogP contribution is -2.42. The second-order valence-electron chi connectivity index (χ2n) is 2.75. The third-order valence-corrected chi connectivity index (χ3v) is 2.45. The molecule has 1 aromatic heterocycles. The lowest BCUT2D eigenvalue weighted by Gasteiger charge is -2.30. The van der Waals surface area contributed by atoms with Crippen molar-refractivity contribution in [2.45, 2.75) is 0 Å². The van der Waals surface area contributed by atoms with Crippen LogP contribution in [-0.4, -0.2) is 41.0 Å². The molecular formula is C6H11N4OP. The Bertz CT molecular complexity index is 232. The maximum Gasteiger partial charge on any atom is 0.323 e. The predicted molar refractivity (Wildman–Crippen MR) is 47.8 cm³/mol. The summed E-state index contributed by atoms with van der Waals surface area (Å²) >= 11 is 0. The first kappa shape index (κ1) is 7.95. The summed E-state index contributed by atoms with van der Waals surface area (Å²) in [7, 11) is 2.70. The van der Waals surface area contributed by atoms with E-state index in [4.69, 9.17) is 4.52 Å². The standard InChI is InChI=1S/C6H11N4OP/c12-10-3-1-9(2-4-10)6-7-5-8-11-6/h5H,1-4,12H2. The molecule has 66 valence electrons. The van der Waals surface area contributed by atoms with Crippen molar-refractivity contribution in [2.75, 3.05) is 31.1 Å². The summed E-state index contributed by atoms with van der Waals surface area (Å²) in [6.45, 7) is 3.94. The molecule has 0 aliphatic carbocycles. The zero-order valence-corrected chi connectivity index (χ0v) is 7.83. The maximum atomic E-state index is 4.95. The first-order chi connectivity index (χ1) is 5.86. The van der Waals surface area contributed by atoms with E-state index >= 15 is 0 Å². The molecule has 1 aliphatic heterocycles. The molecule has 1 aliphatic rings. The molecular weight excluding hydrogens is 175 g/mol. The van der Waals surface area contributed by atoms with E-state index in [1.54, 1.807) is 0 Å². The lowest BCUT2D eigenvalue weighted by atomic mass is 10.4. The van der Waals surface area contributed by atoms with Crippen molar-refractivity contribution in [3.05, 3.63) is 6.33 Å². The fourth-order valence-electron chi connectivity index (χ4n) is 1.22. The number of nitrogens with zero attached hydrogens (tertiary/aromatic N) is 4. The number of hydrogen-bond donors (Lipinski definition) is 0. The summed E-state index contributed by atoms with van der Waals surface area (Å²) in [6, 6.07) is 0.633. The monoisotopic (exact) mass is 186 g/mol. The Hall–Kier alpha value is -0.670. The van der Waals surface area contributed by atoms with Gasteiger partial charge in [0.05, 0.1) is 0 Å². The van der Waals surface area contributed by atoms with Gasteiger partial charge in [0.1, 0.15) is 0 Å². The van der Waals surface area contributed by atoms with E-state index in [2.05, 4.69) is 29.1 Å². The van der Waals surface area contributed by atoms with Gasteiger partial charge in [-0.1, -0.05) is 14.5 Å². The highest BCUT2D eigenvalue weighted by Gasteiger charge is 2.17. The molecule has 0 amide bonds. The third-order valence-electron chi connectivity index (χ3n) is 1.93. The van der Waals surface area contributed by atoms with Crippen LogP contribution in [0.1, 0.15) is 0 Å². The molecule has 1 aromatic rings. The van der Waals surface area contributed by atoms with Gasteiger partial charge in [0.25, 0.3) is 0 Å². The molecule has 2 heterocycles. The van der Waals surface area contributed by atoms with Gasteiger partial charge in [0.15, 0.2) is 6.33 Å². The molecule has 0 saturated carbocycles. The fourth-order valence-corrected chi connectivity index (χ4v) is 1.45. The van der Waals surface area contributed by atoms with Crippen LogP contribution in [0.25, 0.3) is 0 Å². The van der Waals surface area contributed by atoms with Crippen molar-refractivity contribution in [1.29, 1.82) is 0 Å². The van der Waals surface area contributed by atoms with E-state index in [9.17, 15) is 0 Å². The van der Waals surface area contributed by atoms with Crippen molar-refractivity contribution in [1.82, 2.24) is 14.8 Å². The van der Waals surface area contributed by atoms with Crippen LogP contribution in [0.2, 0.25) is 0 Å². The van der Waals surface area contributed by atoms with Gasteiger partial charge in [-0.3, -0.25) is 4.67 Å². The molecule has 1 saturated heterocycles. The van der Waals surface area contributed by atoms with Crippen LogP contribution < -0.4 is 4.90 Å². The SMILES string of the molecule is PN1CCN(c2ncno2)CC1. The normalized spacial score (nSPS) is 19.9. The molecule has 1 unspecified atom stereocenters. The van der Waals surface area contributed by atoms with Gasteiger partial charge in [0, 0.05) is 26.2 Å². The van der Waals surface area contributed by atoms with Crippen molar-refractivity contribution in [3.63, 3.8) is 0 Å². The summed E-state index contributed by atoms with van der Waals surface area (Å²) in [5.74, 6) is 0. The Morgan fingerprint density at radius 2 is 2.08 bits per heavy atom. The van der Waals surface area contributed by atoms with Crippen LogP contribution in [0.5, 0.6) is 0 Å². The third kappa shape index (κ3) is 1.57. The van der Waals surface area contributed by atoms with Crippen LogP contribution in [-0.2, 0) is 0 Å². The molecule has 2 rings (SSSR count). The molecule has 0 N–H and O–H groups in total. The van der Waals surface area contributed by atoms with Gasteiger partial charge in [-0.05, 0) is 0 Å². The minimum atomic E-state index is 0.633. The van der Waals surface area contributed by atoms with Gasteiger partial charge in [-0.25, -0.2) is 0 Å². The Balaban J connectivity index is 1.99. The average Bonchev–Trinajstić information content (AvgIpc) is 2.58. The highest BCUT2D eigenvalue weighted by Crippen LogP contribution is 2.13. The molecule has 12 heavy (non-hydrogen) atoms. The topological polar surface area (TPSA) is 45.4 Å². The maximum absolute atomic E-state index is 4.95. The van der Waals surface area contributed by atoms with Crippen LogP contribution in [0.15, 0.2) is 10.9 Å². The summed E-state index contributed by atoms with van der Waals surface area (Å²) < 4.78 is 7.15. The lowest BCUT2D eigenvalue weighted by molar-refractivity contribution is 0.373. The molecule has 6 heteroatoms. The molecule has 0 spiro atoms. The van der Waals surface area contributed by atoms with Gasteiger partial charge in [-0.2, -0.15) is 4.98 Å². The van der Waals surface area contributed by atoms with E-state index in [0.29, 0.717) is 6.01 Å². The van der Waals surface area contributed by atoms with Crippen molar-refractivity contribution >= 4 is 15.4 Å². The summed E-state index contributed by atoms with van der Waals surface area (Å²) in [4.78, 5) is 6.08. The molecule has 0 aromatic carbocycles. The first-order valence-electron chi connectivity index (χ1n) is 3.87. The summed E-state index contributed by atoms with van der Waals surface area (Å²) in [5.41, 5.74) is 0. The van der Waals surface area contributed by atoms with Crippen LogP contribution in [0, 0.1) is 0 Å². The average molecular weight is 186 g/mol. The number of anilines is 1. The largest absolute Gasteiger partial charge is 0.323 e. The smallest absolute Gasteiger partial charge is 0.322 e. The highest BCUT2D eigenvalue weighted by atomic mass is 31.0. The van der Waals surface area contributed by atoms with Gasteiger partial charge in [0.2, 0.25) is 0 Å². The van der Waals surface area contributed by atoms with Gasteiger partial charge < -0.3 is 9.42 Å². The van der Waals surface area contributed by atoms with Crippen LogP contribution >= 0.6 is 9.39 Å². The Kier molecular flexibility index (Phi) is 2.23. The molecule has 0 bridgehead atoms. The Morgan fingerprint density at radius 1 is 1.33 bits per heavy atom. The quantitative estimate of drug-likeness (QED) is 0.577. The predicted octanol–water partition coefficient (Wildman–Crippen LogP) is -0.0183. The Labute approximate surface area is 73.0 Å². The number of rotatable bonds is 1. The molecule has 5 nitrogen and oxygen atoms in total. The van der Waals surface area contributed by atoms with Crippen molar-refractivity contribution in [2.24, 2.45) is 0 Å². The second kappa shape index (κ2) is 3.37. The van der Waals surface area contributed by atoms with E-state index in [1.165, 1.54) is 6.33 Å².